The third-order valence-corrected chi connectivity index (χ3v) is 6.20. The van der Waals surface area contributed by atoms with Crippen LogP contribution in [0, 0.1) is 13.8 Å². The summed E-state index contributed by atoms with van der Waals surface area (Å²) in [5.41, 5.74) is 4.53. The van der Waals surface area contributed by atoms with E-state index < -0.39 is 0 Å². The first-order valence-electron chi connectivity index (χ1n) is 10.0. The van der Waals surface area contributed by atoms with Crippen LogP contribution in [0.25, 0.3) is 11.3 Å². The van der Waals surface area contributed by atoms with Gasteiger partial charge in [0, 0.05) is 44.5 Å². The van der Waals surface area contributed by atoms with Crippen molar-refractivity contribution in [3.05, 3.63) is 23.1 Å². The highest BCUT2D eigenvalue weighted by Crippen LogP contribution is 2.27. The molecule has 2 fully saturated rings. The molecule has 0 aromatic carbocycles. The Morgan fingerprint density at radius 3 is 2.44 bits per heavy atom. The van der Waals surface area contributed by atoms with Gasteiger partial charge in [0.1, 0.15) is 5.69 Å². The first-order valence-corrected chi connectivity index (χ1v) is 10.0. The minimum absolute atomic E-state index is 0.0966. The van der Waals surface area contributed by atoms with Crippen LogP contribution in [-0.2, 0) is 14.1 Å². The Hall–Kier alpha value is -2.15. The Balaban J connectivity index is 1.56. The molecule has 4 rings (SSSR count). The molecule has 2 saturated heterocycles. The lowest BCUT2D eigenvalue weighted by Gasteiger charge is -2.37. The normalized spacial score (nSPS) is 21.2. The second-order valence-corrected chi connectivity index (χ2v) is 8.00. The number of rotatable bonds is 3. The molecule has 0 N–H and O–H groups in total. The van der Waals surface area contributed by atoms with Crippen molar-refractivity contribution in [2.24, 2.45) is 14.1 Å². The summed E-state index contributed by atoms with van der Waals surface area (Å²) >= 11 is 0. The quantitative estimate of drug-likeness (QED) is 0.831. The van der Waals surface area contributed by atoms with Gasteiger partial charge in [0.25, 0.3) is 5.91 Å². The lowest BCUT2D eigenvalue weighted by molar-refractivity contribution is 0.0597. The Morgan fingerprint density at radius 2 is 1.78 bits per heavy atom. The SMILES string of the molecule is Cc1nn(C)c(C)c1-c1cc(C(=O)N2CCC[C@@H](N3CCCC3)C2)n(C)n1. The van der Waals surface area contributed by atoms with E-state index in [9.17, 15) is 4.79 Å². The molecule has 2 aromatic rings. The number of aryl methyl sites for hydroxylation is 3. The highest BCUT2D eigenvalue weighted by atomic mass is 16.2. The maximum atomic E-state index is 13.2. The van der Waals surface area contributed by atoms with Crippen molar-refractivity contribution in [3.63, 3.8) is 0 Å². The monoisotopic (exact) mass is 370 g/mol. The molecule has 0 aliphatic carbocycles. The van der Waals surface area contributed by atoms with Gasteiger partial charge in [-0.05, 0) is 58.7 Å². The number of carbonyl (C=O) groups is 1. The van der Waals surface area contributed by atoms with Crippen LogP contribution in [0.1, 0.15) is 47.6 Å². The van der Waals surface area contributed by atoms with Crippen molar-refractivity contribution in [2.75, 3.05) is 26.2 Å². The number of piperidine rings is 1. The Kier molecular flexibility index (Phi) is 4.80. The number of aromatic nitrogens is 4. The average Bonchev–Trinajstić information content (AvgIpc) is 3.36. The number of hydrogen-bond acceptors (Lipinski definition) is 4. The Labute approximate surface area is 160 Å². The van der Waals surface area contributed by atoms with Gasteiger partial charge in [-0.25, -0.2) is 0 Å². The number of hydrogen-bond donors (Lipinski definition) is 0. The van der Waals surface area contributed by atoms with E-state index in [1.165, 1.54) is 32.4 Å². The molecule has 0 bridgehead atoms. The van der Waals surface area contributed by atoms with Gasteiger partial charge >= 0.3 is 0 Å². The zero-order valence-corrected chi connectivity index (χ0v) is 16.9. The zero-order valence-electron chi connectivity index (χ0n) is 16.9. The molecule has 2 aliphatic rings. The molecule has 2 aliphatic heterocycles. The molecule has 7 nitrogen and oxygen atoms in total. The van der Waals surface area contributed by atoms with E-state index in [-0.39, 0.29) is 5.91 Å². The Morgan fingerprint density at radius 1 is 1.04 bits per heavy atom. The van der Waals surface area contributed by atoms with Crippen molar-refractivity contribution < 1.29 is 4.79 Å². The van der Waals surface area contributed by atoms with Crippen LogP contribution in [0.15, 0.2) is 6.07 Å². The van der Waals surface area contributed by atoms with E-state index in [0.717, 1.165) is 42.2 Å². The molecule has 0 spiro atoms. The van der Waals surface area contributed by atoms with Crippen molar-refractivity contribution in [1.82, 2.24) is 29.4 Å². The third-order valence-electron chi connectivity index (χ3n) is 6.20. The standard InChI is InChI=1S/C20H30N6O/c1-14-19(15(2)23(3)21-14)17-12-18(24(4)22-17)20(27)26-11-7-8-16(13-26)25-9-5-6-10-25/h12,16H,5-11,13H2,1-4H3/t16-/m1/s1. The van der Waals surface area contributed by atoms with Gasteiger partial charge in [-0.2, -0.15) is 10.2 Å². The molecular weight excluding hydrogens is 340 g/mol. The van der Waals surface area contributed by atoms with Crippen molar-refractivity contribution in [3.8, 4) is 11.3 Å². The first-order chi connectivity index (χ1) is 13.0. The second kappa shape index (κ2) is 7.11. The maximum absolute atomic E-state index is 13.2. The lowest BCUT2D eigenvalue weighted by atomic mass is 10.0. The molecule has 7 heteroatoms. The number of amides is 1. The zero-order chi connectivity index (χ0) is 19.1. The van der Waals surface area contributed by atoms with E-state index in [2.05, 4.69) is 15.1 Å². The van der Waals surface area contributed by atoms with Crippen LogP contribution in [0.5, 0.6) is 0 Å². The summed E-state index contributed by atoms with van der Waals surface area (Å²) in [5, 5.41) is 9.11. The van der Waals surface area contributed by atoms with Gasteiger partial charge in [0.15, 0.2) is 0 Å². The lowest BCUT2D eigenvalue weighted by Crippen LogP contribution is -2.49. The highest BCUT2D eigenvalue weighted by molar-refractivity contribution is 5.94. The van der Waals surface area contributed by atoms with Gasteiger partial charge in [-0.1, -0.05) is 0 Å². The summed E-state index contributed by atoms with van der Waals surface area (Å²) in [5.74, 6) is 0.0966. The van der Waals surface area contributed by atoms with Crippen LogP contribution in [-0.4, -0.2) is 67.5 Å². The van der Waals surface area contributed by atoms with Crippen molar-refractivity contribution >= 4 is 5.91 Å². The van der Waals surface area contributed by atoms with E-state index >= 15 is 0 Å². The van der Waals surface area contributed by atoms with Crippen LogP contribution in [0.2, 0.25) is 0 Å². The fourth-order valence-corrected chi connectivity index (χ4v) is 4.64. The third kappa shape index (κ3) is 3.29. The number of carbonyl (C=O) groups excluding carboxylic acids is 1. The van der Waals surface area contributed by atoms with E-state index in [0.29, 0.717) is 11.7 Å². The Bertz CT molecular complexity index is 845. The predicted molar refractivity (Wildman–Crippen MR) is 105 cm³/mol. The molecule has 0 saturated carbocycles. The van der Waals surface area contributed by atoms with Gasteiger partial charge in [-0.3, -0.25) is 19.1 Å². The molecule has 1 atom stereocenters. The highest BCUT2D eigenvalue weighted by Gasteiger charge is 2.31. The summed E-state index contributed by atoms with van der Waals surface area (Å²) in [6.45, 7) is 8.07. The minimum atomic E-state index is 0.0966. The van der Waals surface area contributed by atoms with Crippen molar-refractivity contribution in [1.29, 1.82) is 0 Å². The maximum Gasteiger partial charge on any atom is 0.272 e. The topological polar surface area (TPSA) is 59.2 Å². The molecule has 2 aromatic heterocycles. The molecule has 0 unspecified atom stereocenters. The smallest absolute Gasteiger partial charge is 0.272 e. The fourth-order valence-electron chi connectivity index (χ4n) is 4.64. The largest absolute Gasteiger partial charge is 0.336 e. The number of likely N-dealkylation sites (tertiary alicyclic amines) is 2. The van der Waals surface area contributed by atoms with E-state index in [1.807, 2.05) is 43.6 Å². The second-order valence-electron chi connectivity index (χ2n) is 8.00. The summed E-state index contributed by atoms with van der Waals surface area (Å²) in [4.78, 5) is 17.8. The average molecular weight is 371 g/mol. The summed E-state index contributed by atoms with van der Waals surface area (Å²) < 4.78 is 3.59. The van der Waals surface area contributed by atoms with E-state index in [4.69, 9.17) is 0 Å². The van der Waals surface area contributed by atoms with Crippen LogP contribution < -0.4 is 0 Å². The van der Waals surface area contributed by atoms with Gasteiger partial charge < -0.3 is 4.90 Å². The van der Waals surface area contributed by atoms with Gasteiger partial charge in [-0.15, -0.1) is 0 Å². The summed E-state index contributed by atoms with van der Waals surface area (Å²) in [6, 6.07) is 2.44. The van der Waals surface area contributed by atoms with Crippen LogP contribution in [0.3, 0.4) is 0 Å². The molecule has 0 radical (unpaired) electrons. The van der Waals surface area contributed by atoms with E-state index in [1.54, 1.807) is 4.68 Å². The van der Waals surface area contributed by atoms with Crippen LogP contribution in [0.4, 0.5) is 0 Å². The molecule has 1 amide bonds. The van der Waals surface area contributed by atoms with Gasteiger partial charge in [0.2, 0.25) is 0 Å². The summed E-state index contributed by atoms with van der Waals surface area (Å²) in [6.07, 6.45) is 4.87. The first kappa shape index (κ1) is 18.2. The van der Waals surface area contributed by atoms with Crippen molar-refractivity contribution in [2.45, 2.75) is 45.6 Å². The van der Waals surface area contributed by atoms with Gasteiger partial charge in [0.05, 0.1) is 11.4 Å². The molecule has 27 heavy (non-hydrogen) atoms. The number of nitrogens with zero attached hydrogens (tertiary/aromatic N) is 6. The molecule has 146 valence electrons. The minimum Gasteiger partial charge on any atom is -0.336 e. The molecular formula is C20H30N6O. The predicted octanol–water partition coefficient (Wildman–Crippen LogP) is 2.14. The molecule has 4 heterocycles. The fraction of sp³-hybridized carbons (Fsp3) is 0.650. The van der Waals surface area contributed by atoms with Crippen LogP contribution >= 0.6 is 0 Å². The summed E-state index contributed by atoms with van der Waals surface area (Å²) in [7, 11) is 3.80.